The highest BCUT2D eigenvalue weighted by Gasteiger charge is 2.36. The highest BCUT2D eigenvalue weighted by atomic mass is 16.2. The smallest absolute Gasteiger partial charge is 0.265 e. The van der Waals surface area contributed by atoms with Crippen LogP contribution in [0.3, 0.4) is 0 Å². The van der Waals surface area contributed by atoms with Crippen LogP contribution >= 0.6 is 0 Å². The molecule has 0 heterocycles. The van der Waals surface area contributed by atoms with E-state index in [1.54, 1.807) is 0 Å². The first-order valence-electron chi connectivity index (χ1n) is 10.0. The van der Waals surface area contributed by atoms with E-state index in [1.807, 2.05) is 85.8 Å². The summed E-state index contributed by atoms with van der Waals surface area (Å²) in [6.45, 7) is 2.01. The van der Waals surface area contributed by atoms with Crippen LogP contribution in [0.25, 0.3) is 0 Å². The Balaban J connectivity index is 1.80. The molecule has 0 unspecified atom stereocenters. The second-order valence-electron chi connectivity index (χ2n) is 7.29. The molecule has 1 amide bonds. The largest absolute Gasteiger partial charge is 0.286 e. The van der Waals surface area contributed by atoms with Gasteiger partial charge in [0.1, 0.15) is 5.54 Å². The summed E-state index contributed by atoms with van der Waals surface area (Å²) in [7, 11) is 0. The SMILES string of the molecule is Cc1ccc(C(=O)NNC(c2ccccc2)(c2ccccc2)c2ccccc2)cc1. The Bertz CT molecular complexity index is 995. The van der Waals surface area contributed by atoms with E-state index in [2.05, 4.69) is 47.2 Å². The van der Waals surface area contributed by atoms with Crippen LogP contribution < -0.4 is 10.9 Å². The summed E-state index contributed by atoms with van der Waals surface area (Å²) in [4.78, 5) is 12.9. The Morgan fingerprint density at radius 2 is 1.00 bits per heavy atom. The second kappa shape index (κ2) is 8.76. The maximum Gasteiger partial charge on any atom is 0.265 e. The average Bonchev–Trinajstić information content (AvgIpc) is 2.82. The molecule has 148 valence electrons. The standard InChI is InChI=1S/C27H24N2O/c1-21-17-19-22(20-18-21)26(30)28-29-27(23-11-5-2-6-12-23,24-13-7-3-8-14-24)25-15-9-4-10-16-25/h2-20,29H,1H3,(H,28,30). The van der Waals surface area contributed by atoms with Crippen molar-refractivity contribution >= 4 is 5.91 Å². The molecule has 0 aliphatic carbocycles. The molecule has 4 aromatic carbocycles. The molecule has 4 aromatic rings. The molecule has 2 N–H and O–H groups in total. The van der Waals surface area contributed by atoms with Crippen LogP contribution in [-0.4, -0.2) is 5.91 Å². The predicted molar refractivity (Wildman–Crippen MR) is 121 cm³/mol. The minimum atomic E-state index is -0.746. The number of rotatable bonds is 6. The third-order valence-corrected chi connectivity index (χ3v) is 5.30. The van der Waals surface area contributed by atoms with E-state index in [0.717, 1.165) is 22.3 Å². The third kappa shape index (κ3) is 3.88. The van der Waals surface area contributed by atoms with Gasteiger partial charge in [-0.25, -0.2) is 5.43 Å². The van der Waals surface area contributed by atoms with Gasteiger partial charge in [-0.2, -0.15) is 0 Å². The van der Waals surface area contributed by atoms with E-state index in [-0.39, 0.29) is 5.91 Å². The minimum Gasteiger partial charge on any atom is -0.286 e. The quantitative estimate of drug-likeness (QED) is 0.349. The number of aryl methyl sites for hydroxylation is 1. The van der Waals surface area contributed by atoms with Crippen molar-refractivity contribution in [2.24, 2.45) is 0 Å². The van der Waals surface area contributed by atoms with Gasteiger partial charge in [0.25, 0.3) is 5.91 Å². The van der Waals surface area contributed by atoms with Crippen molar-refractivity contribution in [3.8, 4) is 0 Å². The molecule has 0 aliphatic heterocycles. The monoisotopic (exact) mass is 392 g/mol. The van der Waals surface area contributed by atoms with E-state index < -0.39 is 5.54 Å². The Morgan fingerprint density at radius 3 is 1.40 bits per heavy atom. The van der Waals surface area contributed by atoms with Gasteiger partial charge >= 0.3 is 0 Å². The lowest BCUT2D eigenvalue weighted by Gasteiger charge is -2.37. The average molecular weight is 393 g/mol. The molecular formula is C27H24N2O. The predicted octanol–water partition coefficient (Wildman–Crippen LogP) is 5.22. The van der Waals surface area contributed by atoms with Crippen molar-refractivity contribution in [3.05, 3.63) is 143 Å². The van der Waals surface area contributed by atoms with E-state index in [0.29, 0.717) is 5.56 Å². The summed E-state index contributed by atoms with van der Waals surface area (Å²) < 4.78 is 0. The summed E-state index contributed by atoms with van der Waals surface area (Å²) >= 11 is 0. The van der Waals surface area contributed by atoms with E-state index in [4.69, 9.17) is 0 Å². The molecule has 0 saturated heterocycles. The van der Waals surface area contributed by atoms with Gasteiger partial charge in [-0.1, -0.05) is 109 Å². The van der Waals surface area contributed by atoms with Gasteiger partial charge < -0.3 is 0 Å². The molecule has 30 heavy (non-hydrogen) atoms. The number of hydrogen-bond donors (Lipinski definition) is 2. The maximum atomic E-state index is 12.9. The Morgan fingerprint density at radius 1 is 0.600 bits per heavy atom. The summed E-state index contributed by atoms with van der Waals surface area (Å²) in [6, 6.07) is 38.1. The molecule has 0 aromatic heterocycles. The zero-order valence-corrected chi connectivity index (χ0v) is 16.9. The van der Waals surface area contributed by atoms with Crippen LogP contribution in [0.1, 0.15) is 32.6 Å². The number of carbonyl (C=O) groups is 1. The molecule has 0 fully saturated rings. The Hall–Kier alpha value is -3.69. The Labute approximate surface area is 177 Å². The second-order valence-corrected chi connectivity index (χ2v) is 7.29. The van der Waals surface area contributed by atoms with Crippen LogP contribution in [0, 0.1) is 6.92 Å². The molecule has 0 saturated carbocycles. The fourth-order valence-electron chi connectivity index (χ4n) is 3.71. The first-order valence-corrected chi connectivity index (χ1v) is 10.0. The van der Waals surface area contributed by atoms with Crippen LogP contribution in [0.5, 0.6) is 0 Å². The number of amides is 1. The van der Waals surface area contributed by atoms with Gasteiger partial charge in [0.05, 0.1) is 0 Å². The molecule has 0 radical (unpaired) electrons. The molecule has 0 bridgehead atoms. The van der Waals surface area contributed by atoms with Crippen molar-refractivity contribution in [1.82, 2.24) is 10.9 Å². The highest BCUT2D eigenvalue weighted by molar-refractivity contribution is 5.94. The summed E-state index contributed by atoms with van der Waals surface area (Å²) in [5, 5.41) is 0. The zero-order valence-electron chi connectivity index (χ0n) is 16.9. The normalized spacial score (nSPS) is 11.1. The Kier molecular flexibility index (Phi) is 5.73. The van der Waals surface area contributed by atoms with Crippen LogP contribution in [0.4, 0.5) is 0 Å². The first kappa shape index (κ1) is 19.6. The number of hydrogen-bond acceptors (Lipinski definition) is 2. The van der Waals surface area contributed by atoms with Gasteiger partial charge in [-0.15, -0.1) is 0 Å². The molecule has 3 nitrogen and oxygen atoms in total. The summed E-state index contributed by atoms with van der Waals surface area (Å²) in [6.07, 6.45) is 0. The van der Waals surface area contributed by atoms with Crippen molar-refractivity contribution in [1.29, 1.82) is 0 Å². The van der Waals surface area contributed by atoms with Crippen LogP contribution in [-0.2, 0) is 5.54 Å². The lowest BCUT2D eigenvalue weighted by molar-refractivity contribution is 0.0918. The van der Waals surface area contributed by atoms with E-state index >= 15 is 0 Å². The van der Waals surface area contributed by atoms with Gasteiger partial charge in [-0.05, 0) is 35.7 Å². The number of hydrazine groups is 1. The van der Waals surface area contributed by atoms with Crippen molar-refractivity contribution in [2.45, 2.75) is 12.5 Å². The number of carbonyl (C=O) groups excluding carboxylic acids is 1. The van der Waals surface area contributed by atoms with Crippen molar-refractivity contribution in [3.63, 3.8) is 0 Å². The fourth-order valence-corrected chi connectivity index (χ4v) is 3.71. The number of nitrogens with one attached hydrogen (secondary N) is 2. The van der Waals surface area contributed by atoms with Gasteiger partial charge in [-0.3, -0.25) is 10.2 Å². The maximum absolute atomic E-state index is 12.9. The van der Waals surface area contributed by atoms with Crippen LogP contribution in [0.15, 0.2) is 115 Å². The lowest BCUT2D eigenvalue weighted by atomic mass is 9.77. The molecule has 4 rings (SSSR count). The lowest BCUT2D eigenvalue weighted by Crippen LogP contribution is -2.53. The molecule has 3 heteroatoms. The van der Waals surface area contributed by atoms with E-state index in [9.17, 15) is 4.79 Å². The zero-order chi connectivity index (χ0) is 20.8. The van der Waals surface area contributed by atoms with Crippen molar-refractivity contribution < 1.29 is 4.79 Å². The minimum absolute atomic E-state index is 0.179. The first-order chi connectivity index (χ1) is 14.7. The summed E-state index contributed by atoms with van der Waals surface area (Å²) in [5.74, 6) is -0.179. The topological polar surface area (TPSA) is 41.1 Å². The van der Waals surface area contributed by atoms with Crippen LogP contribution in [0.2, 0.25) is 0 Å². The highest BCUT2D eigenvalue weighted by Crippen LogP contribution is 2.36. The molecular weight excluding hydrogens is 368 g/mol. The van der Waals surface area contributed by atoms with Gasteiger partial charge in [0, 0.05) is 5.56 Å². The van der Waals surface area contributed by atoms with E-state index in [1.165, 1.54) is 0 Å². The molecule has 0 aliphatic rings. The fraction of sp³-hybridized carbons (Fsp3) is 0.0741. The van der Waals surface area contributed by atoms with Crippen molar-refractivity contribution in [2.75, 3.05) is 0 Å². The van der Waals surface area contributed by atoms with Gasteiger partial charge in [0.2, 0.25) is 0 Å². The third-order valence-electron chi connectivity index (χ3n) is 5.30. The molecule has 0 atom stereocenters. The van der Waals surface area contributed by atoms with Gasteiger partial charge in [0.15, 0.2) is 0 Å². The number of benzene rings is 4. The molecule has 0 spiro atoms. The summed E-state index contributed by atoms with van der Waals surface area (Å²) in [5.41, 5.74) is 10.4.